The van der Waals surface area contributed by atoms with E-state index in [1.807, 2.05) is 30.3 Å². The number of fused-ring (bicyclic) bond motifs is 1. The van der Waals surface area contributed by atoms with Crippen molar-refractivity contribution in [3.8, 4) is 23.0 Å². The van der Waals surface area contributed by atoms with Crippen LogP contribution in [0, 0.1) is 0 Å². The van der Waals surface area contributed by atoms with Gasteiger partial charge < -0.3 is 24.3 Å². The zero-order chi connectivity index (χ0) is 18.0. The number of carbonyl (C=O) groups excluding carboxylic acids is 1. The summed E-state index contributed by atoms with van der Waals surface area (Å²) >= 11 is 0. The fourth-order valence-corrected chi connectivity index (χ4v) is 3.17. The summed E-state index contributed by atoms with van der Waals surface area (Å²) in [5.41, 5.74) is 2.71. The van der Waals surface area contributed by atoms with E-state index in [1.54, 1.807) is 28.4 Å². The molecule has 1 N–H and O–H groups in total. The molecule has 1 heterocycles. The lowest BCUT2D eigenvalue weighted by molar-refractivity contribution is -0.116. The van der Waals surface area contributed by atoms with Gasteiger partial charge in [-0.15, -0.1) is 0 Å². The molecule has 0 radical (unpaired) electrons. The highest BCUT2D eigenvalue weighted by molar-refractivity contribution is 5.95. The van der Waals surface area contributed by atoms with Gasteiger partial charge in [0.2, 0.25) is 11.7 Å². The number of hydrogen-bond acceptors (Lipinski definition) is 5. The molecule has 0 spiro atoms. The molecular formula is C19H21NO5. The molecule has 1 atom stereocenters. The predicted octanol–water partition coefficient (Wildman–Crippen LogP) is 3.20. The molecular weight excluding hydrogens is 322 g/mol. The molecule has 6 nitrogen and oxygen atoms in total. The quantitative estimate of drug-likeness (QED) is 0.903. The Morgan fingerprint density at radius 2 is 1.60 bits per heavy atom. The Bertz CT molecular complexity index is 777. The predicted molar refractivity (Wildman–Crippen MR) is 94.2 cm³/mol. The second-order valence-corrected chi connectivity index (χ2v) is 5.72. The van der Waals surface area contributed by atoms with E-state index < -0.39 is 0 Å². The van der Waals surface area contributed by atoms with Crippen LogP contribution in [-0.4, -0.2) is 34.3 Å². The lowest BCUT2D eigenvalue weighted by Crippen LogP contribution is -2.23. The average molecular weight is 343 g/mol. The van der Waals surface area contributed by atoms with Crippen LogP contribution in [0.2, 0.25) is 0 Å². The summed E-state index contributed by atoms with van der Waals surface area (Å²) < 4.78 is 21.5. The Morgan fingerprint density at radius 3 is 2.16 bits per heavy atom. The molecule has 1 aliphatic rings. The van der Waals surface area contributed by atoms with Gasteiger partial charge in [-0.05, 0) is 29.3 Å². The standard InChI is InChI=1S/C19H21NO5/c1-22-12-5-6-13-14(10-18(21)20-15(13)9-12)11-7-16(23-2)19(25-4)17(8-11)24-3/h5-9,14H,10H2,1-4H3,(H,20,21)/t14-/m0/s1. The molecule has 1 aliphatic heterocycles. The maximum atomic E-state index is 12.2. The fourth-order valence-electron chi connectivity index (χ4n) is 3.17. The molecule has 2 aromatic carbocycles. The SMILES string of the molecule is COc1ccc2c(c1)NC(=O)C[C@H]2c1cc(OC)c(OC)c(OC)c1. The molecule has 0 bridgehead atoms. The summed E-state index contributed by atoms with van der Waals surface area (Å²) in [6.45, 7) is 0. The normalized spacial score (nSPS) is 15.8. The number of amides is 1. The number of rotatable bonds is 5. The molecule has 6 heteroatoms. The number of ether oxygens (including phenoxy) is 4. The van der Waals surface area contributed by atoms with Crippen molar-refractivity contribution in [3.63, 3.8) is 0 Å². The number of carbonyl (C=O) groups is 1. The minimum Gasteiger partial charge on any atom is -0.497 e. The van der Waals surface area contributed by atoms with Crippen LogP contribution in [-0.2, 0) is 4.79 Å². The summed E-state index contributed by atoms with van der Waals surface area (Å²) in [6.07, 6.45) is 0.345. The van der Waals surface area contributed by atoms with E-state index >= 15 is 0 Å². The van der Waals surface area contributed by atoms with E-state index in [0.717, 1.165) is 16.8 Å². The van der Waals surface area contributed by atoms with Gasteiger partial charge in [0.1, 0.15) is 5.75 Å². The van der Waals surface area contributed by atoms with Crippen LogP contribution < -0.4 is 24.3 Å². The Hall–Kier alpha value is -2.89. The second kappa shape index (κ2) is 6.93. The molecule has 3 rings (SSSR count). The maximum absolute atomic E-state index is 12.2. The largest absolute Gasteiger partial charge is 0.497 e. The zero-order valence-electron chi connectivity index (χ0n) is 14.7. The Morgan fingerprint density at radius 1 is 0.920 bits per heavy atom. The Balaban J connectivity index is 2.12. The van der Waals surface area contributed by atoms with Crippen molar-refractivity contribution in [1.82, 2.24) is 0 Å². The third kappa shape index (κ3) is 3.07. The van der Waals surface area contributed by atoms with E-state index in [2.05, 4.69) is 5.32 Å². The van der Waals surface area contributed by atoms with E-state index in [1.165, 1.54) is 0 Å². The monoisotopic (exact) mass is 343 g/mol. The van der Waals surface area contributed by atoms with Crippen LogP contribution in [0.25, 0.3) is 0 Å². The van der Waals surface area contributed by atoms with Crippen molar-refractivity contribution in [3.05, 3.63) is 41.5 Å². The molecule has 25 heavy (non-hydrogen) atoms. The van der Waals surface area contributed by atoms with Crippen LogP contribution in [0.4, 0.5) is 5.69 Å². The van der Waals surface area contributed by atoms with Gasteiger partial charge in [-0.1, -0.05) is 6.07 Å². The van der Waals surface area contributed by atoms with Gasteiger partial charge in [0.25, 0.3) is 0 Å². The molecule has 0 aromatic heterocycles. The maximum Gasteiger partial charge on any atom is 0.225 e. The van der Waals surface area contributed by atoms with Gasteiger partial charge in [-0.3, -0.25) is 4.79 Å². The number of anilines is 1. The lowest BCUT2D eigenvalue weighted by atomic mass is 9.84. The number of benzene rings is 2. The number of nitrogens with one attached hydrogen (secondary N) is 1. The molecule has 0 saturated heterocycles. The van der Waals surface area contributed by atoms with E-state index in [4.69, 9.17) is 18.9 Å². The molecule has 0 saturated carbocycles. The fraction of sp³-hybridized carbons (Fsp3) is 0.316. The number of methoxy groups -OCH3 is 4. The Labute approximate surface area is 146 Å². The van der Waals surface area contributed by atoms with Crippen LogP contribution in [0.15, 0.2) is 30.3 Å². The highest BCUT2D eigenvalue weighted by atomic mass is 16.5. The van der Waals surface area contributed by atoms with Crippen molar-refractivity contribution in [2.45, 2.75) is 12.3 Å². The van der Waals surface area contributed by atoms with Gasteiger partial charge in [0.05, 0.1) is 28.4 Å². The van der Waals surface area contributed by atoms with Crippen LogP contribution >= 0.6 is 0 Å². The zero-order valence-corrected chi connectivity index (χ0v) is 14.7. The third-order valence-corrected chi connectivity index (χ3v) is 4.39. The second-order valence-electron chi connectivity index (χ2n) is 5.72. The molecule has 2 aromatic rings. The van der Waals surface area contributed by atoms with Crippen LogP contribution in [0.1, 0.15) is 23.5 Å². The lowest BCUT2D eigenvalue weighted by Gasteiger charge is -2.27. The van der Waals surface area contributed by atoms with Gasteiger partial charge >= 0.3 is 0 Å². The van der Waals surface area contributed by atoms with Gasteiger partial charge in [-0.2, -0.15) is 0 Å². The molecule has 0 unspecified atom stereocenters. The summed E-state index contributed by atoms with van der Waals surface area (Å²) in [7, 11) is 6.32. The highest BCUT2D eigenvalue weighted by Crippen LogP contribution is 2.45. The van der Waals surface area contributed by atoms with Crippen molar-refractivity contribution in [1.29, 1.82) is 0 Å². The summed E-state index contributed by atoms with van der Waals surface area (Å²) in [6, 6.07) is 9.47. The van der Waals surface area contributed by atoms with Gasteiger partial charge in [0, 0.05) is 24.1 Å². The van der Waals surface area contributed by atoms with Crippen molar-refractivity contribution in [2.75, 3.05) is 33.8 Å². The van der Waals surface area contributed by atoms with Crippen molar-refractivity contribution < 1.29 is 23.7 Å². The van der Waals surface area contributed by atoms with Crippen molar-refractivity contribution >= 4 is 11.6 Å². The molecule has 0 fully saturated rings. The molecule has 132 valence electrons. The topological polar surface area (TPSA) is 66.0 Å². The smallest absolute Gasteiger partial charge is 0.225 e. The minimum atomic E-state index is -0.108. The van der Waals surface area contributed by atoms with Crippen LogP contribution in [0.3, 0.4) is 0 Å². The first-order chi connectivity index (χ1) is 12.1. The Kier molecular flexibility index (Phi) is 4.70. The molecule has 1 amide bonds. The highest BCUT2D eigenvalue weighted by Gasteiger charge is 2.28. The van der Waals surface area contributed by atoms with Crippen LogP contribution in [0.5, 0.6) is 23.0 Å². The summed E-state index contributed by atoms with van der Waals surface area (Å²) in [5.74, 6) is 2.22. The van der Waals surface area contributed by atoms with E-state index in [0.29, 0.717) is 29.4 Å². The minimum absolute atomic E-state index is 0.0421. The summed E-state index contributed by atoms with van der Waals surface area (Å²) in [5, 5.41) is 2.91. The average Bonchev–Trinajstić information content (AvgIpc) is 2.65. The first-order valence-corrected chi connectivity index (χ1v) is 7.89. The van der Waals surface area contributed by atoms with Crippen molar-refractivity contribution in [2.24, 2.45) is 0 Å². The third-order valence-electron chi connectivity index (χ3n) is 4.39. The first kappa shape index (κ1) is 17.0. The van der Waals surface area contributed by atoms with E-state index in [9.17, 15) is 4.79 Å². The van der Waals surface area contributed by atoms with Gasteiger partial charge in [-0.25, -0.2) is 0 Å². The first-order valence-electron chi connectivity index (χ1n) is 7.89. The number of hydrogen-bond donors (Lipinski definition) is 1. The molecule has 0 aliphatic carbocycles. The summed E-state index contributed by atoms with van der Waals surface area (Å²) in [4.78, 5) is 12.2. The van der Waals surface area contributed by atoms with Gasteiger partial charge in [0.15, 0.2) is 11.5 Å². The van der Waals surface area contributed by atoms with E-state index in [-0.39, 0.29) is 11.8 Å².